The maximum absolute atomic E-state index is 12.4. The van der Waals surface area contributed by atoms with Gasteiger partial charge in [-0.2, -0.15) is 0 Å². The third-order valence-electron chi connectivity index (χ3n) is 4.07. The van der Waals surface area contributed by atoms with Gasteiger partial charge in [0, 0.05) is 6.04 Å². The number of hydrogen-bond donors (Lipinski definition) is 1. The minimum absolute atomic E-state index is 0.117. The van der Waals surface area contributed by atoms with Crippen molar-refractivity contribution in [2.45, 2.75) is 26.8 Å². The van der Waals surface area contributed by atoms with Crippen molar-refractivity contribution in [3.05, 3.63) is 24.3 Å². The van der Waals surface area contributed by atoms with Crippen LogP contribution in [0.4, 0.5) is 10.5 Å². The molecular weight excluding hydrogens is 326 g/mol. The van der Waals surface area contributed by atoms with E-state index in [-0.39, 0.29) is 17.6 Å². The normalized spacial score (nSPS) is 15.8. The van der Waals surface area contributed by atoms with Crippen LogP contribution in [0.3, 0.4) is 0 Å². The number of ether oxygens (including phenoxy) is 1. The lowest BCUT2D eigenvalue weighted by atomic mass is 10.1. The largest absolute Gasteiger partial charge is 0.497 e. The Morgan fingerprint density at radius 3 is 2.20 bits per heavy atom. The van der Waals surface area contributed by atoms with E-state index in [0.717, 1.165) is 4.90 Å². The SMILES string of the molecule is COc1ccc(N2C(=O)C(=O)N(CC(=O)N[C@@H](C)C(C)C)C2=O)cc1. The summed E-state index contributed by atoms with van der Waals surface area (Å²) in [7, 11) is 1.49. The molecule has 0 aromatic heterocycles. The molecule has 1 heterocycles. The van der Waals surface area contributed by atoms with Gasteiger partial charge in [-0.25, -0.2) is 14.6 Å². The Balaban J connectivity index is 2.14. The molecule has 1 aliphatic rings. The van der Waals surface area contributed by atoms with Gasteiger partial charge in [-0.15, -0.1) is 0 Å². The number of urea groups is 1. The molecule has 134 valence electrons. The van der Waals surface area contributed by atoms with Crippen molar-refractivity contribution in [3.63, 3.8) is 0 Å². The molecule has 1 fully saturated rings. The summed E-state index contributed by atoms with van der Waals surface area (Å²) in [6.45, 7) is 5.20. The standard InChI is InChI=1S/C17H21N3O5/c1-10(2)11(3)18-14(21)9-19-15(22)16(23)20(17(19)24)12-5-7-13(25-4)8-6-12/h5-8,10-11H,9H2,1-4H3,(H,18,21)/t11-/m0/s1. The number of amides is 5. The van der Waals surface area contributed by atoms with Crippen LogP contribution in [0.25, 0.3) is 0 Å². The minimum atomic E-state index is -1.02. The molecule has 1 atom stereocenters. The molecule has 8 nitrogen and oxygen atoms in total. The predicted molar refractivity (Wildman–Crippen MR) is 90.0 cm³/mol. The summed E-state index contributed by atoms with van der Waals surface area (Å²) in [5.74, 6) is -1.75. The van der Waals surface area contributed by atoms with Crippen molar-refractivity contribution in [3.8, 4) is 5.75 Å². The molecule has 0 unspecified atom stereocenters. The van der Waals surface area contributed by atoms with Gasteiger partial charge in [0.05, 0.1) is 12.8 Å². The lowest BCUT2D eigenvalue weighted by Gasteiger charge is -2.19. The number of carbonyl (C=O) groups excluding carboxylic acids is 4. The van der Waals surface area contributed by atoms with E-state index in [1.165, 1.54) is 19.2 Å². The minimum Gasteiger partial charge on any atom is -0.497 e. The Bertz CT molecular complexity index is 699. The quantitative estimate of drug-likeness (QED) is 0.615. The summed E-state index contributed by atoms with van der Waals surface area (Å²) in [6, 6.07) is 5.17. The van der Waals surface area contributed by atoms with Crippen molar-refractivity contribution in [2.24, 2.45) is 5.92 Å². The molecule has 1 saturated heterocycles. The van der Waals surface area contributed by atoms with Gasteiger partial charge in [0.25, 0.3) is 0 Å². The molecule has 0 saturated carbocycles. The summed E-state index contributed by atoms with van der Waals surface area (Å²) < 4.78 is 5.02. The Hall–Kier alpha value is -2.90. The molecule has 8 heteroatoms. The number of nitrogens with zero attached hydrogens (tertiary/aromatic N) is 2. The fraction of sp³-hybridized carbons (Fsp3) is 0.412. The molecule has 1 aliphatic heterocycles. The summed E-state index contributed by atoms with van der Waals surface area (Å²) in [6.07, 6.45) is 0. The second kappa shape index (κ2) is 7.33. The number of imide groups is 2. The van der Waals surface area contributed by atoms with Gasteiger partial charge < -0.3 is 10.1 Å². The fourth-order valence-corrected chi connectivity index (χ4v) is 2.21. The zero-order chi connectivity index (χ0) is 18.7. The lowest BCUT2D eigenvalue weighted by Crippen LogP contribution is -2.45. The van der Waals surface area contributed by atoms with Crippen LogP contribution < -0.4 is 15.0 Å². The van der Waals surface area contributed by atoms with E-state index in [1.54, 1.807) is 12.1 Å². The smallest absolute Gasteiger partial charge is 0.339 e. The van der Waals surface area contributed by atoms with Gasteiger partial charge in [-0.1, -0.05) is 13.8 Å². The van der Waals surface area contributed by atoms with E-state index in [0.29, 0.717) is 10.6 Å². The van der Waals surface area contributed by atoms with Gasteiger partial charge in [0.1, 0.15) is 12.3 Å². The van der Waals surface area contributed by atoms with Crippen LogP contribution in [0, 0.1) is 5.92 Å². The number of carbonyl (C=O) groups is 4. The van der Waals surface area contributed by atoms with Gasteiger partial charge in [-0.3, -0.25) is 14.4 Å². The molecule has 1 aromatic carbocycles. The number of nitrogens with one attached hydrogen (secondary N) is 1. The van der Waals surface area contributed by atoms with Crippen molar-refractivity contribution in [1.29, 1.82) is 0 Å². The Morgan fingerprint density at radius 1 is 1.08 bits per heavy atom. The summed E-state index contributed by atoms with van der Waals surface area (Å²) in [5, 5.41) is 2.70. The third kappa shape index (κ3) is 3.78. The zero-order valence-electron chi connectivity index (χ0n) is 14.6. The van der Waals surface area contributed by atoms with Gasteiger partial charge in [0.2, 0.25) is 5.91 Å². The van der Waals surface area contributed by atoms with Crippen molar-refractivity contribution >= 4 is 29.4 Å². The molecule has 0 bridgehead atoms. The molecule has 1 aromatic rings. The van der Waals surface area contributed by atoms with Crippen molar-refractivity contribution in [2.75, 3.05) is 18.6 Å². The molecule has 2 rings (SSSR count). The second-order valence-corrected chi connectivity index (χ2v) is 6.11. The molecule has 0 aliphatic carbocycles. The first-order valence-electron chi connectivity index (χ1n) is 7.89. The van der Waals surface area contributed by atoms with E-state index in [9.17, 15) is 19.2 Å². The second-order valence-electron chi connectivity index (χ2n) is 6.11. The summed E-state index contributed by atoms with van der Waals surface area (Å²) >= 11 is 0. The first kappa shape index (κ1) is 18.4. The first-order valence-corrected chi connectivity index (χ1v) is 7.89. The molecule has 5 amide bonds. The Morgan fingerprint density at radius 2 is 1.68 bits per heavy atom. The van der Waals surface area contributed by atoms with Gasteiger partial charge in [0.15, 0.2) is 0 Å². The number of anilines is 1. The van der Waals surface area contributed by atoms with Crippen LogP contribution >= 0.6 is 0 Å². The monoisotopic (exact) mass is 347 g/mol. The van der Waals surface area contributed by atoms with E-state index >= 15 is 0 Å². The van der Waals surface area contributed by atoms with E-state index in [2.05, 4.69) is 5.32 Å². The molecule has 25 heavy (non-hydrogen) atoms. The van der Waals surface area contributed by atoms with Crippen LogP contribution in [0.15, 0.2) is 24.3 Å². The van der Waals surface area contributed by atoms with Crippen LogP contribution in [-0.4, -0.2) is 48.3 Å². The highest BCUT2D eigenvalue weighted by molar-refractivity contribution is 6.53. The highest BCUT2D eigenvalue weighted by Crippen LogP contribution is 2.24. The number of benzene rings is 1. The average molecular weight is 347 g/mol. The third-order valence-corrected chi connectivity index (χ3v) is 4.07. The Labute approximate surface area is 145 Å². The van der Waals surface area contributed by atoms with Gasteiger partial charge in [-0.05, 0) is 37.1 Å². The molecule has 0 spiro atoms. The van der Waals surface area contributed by atoms with E-state index in [1.807, 2.05) is 20.8 Å². The van der Waals surface area contributed by atoms with Crippen molar-refractivity contribution < 1.29 is 23.9 Å². The molecular formula is C17H21N3O5. The topological polar surface area (TPSA) is 96.0 Å². The highest BCUT2D eigenvalue weighted by atomic mass is 16.5. The predicted octanol–water partition coefficient (Wildman–Crippen LogP) is 1.15. The average Bonchev–Trinajstić information content (AvgIpc) is 2.78. The van der Waals surface area contributed by atoms with E-state index in [4.69, 9.17) is 4.74 Å². The molecule has 0 radical (unpaired) electrons. The zero-order valence-corrected chi connectivity index (χ0v) is 14.6. The summed E-state index contributed by atoms with van der Waals surface area (Å²) in [5.41, 5.74) is 0.239. The summed E-state index contributed by atoms with van der Waals surface area (Å²) in [4.78, 5) is 50.1. The maximum atomic E-state index is 12.4. The van der Waals surface area contributed by atoms with Crippen LogP contribution in [-0.2, 0) is 14.4 Å². The Kier molecular flexibility index (Phi) is 5.41. The fourth-order valence-electron chi connectivity index (χ4n) is 2.21. The van der Waals surface area contributed by atoms with Gasteiger partial charge >= 0.3 is 17.8 Å². The first-order chi connectivity index (χ1) is 11.8. The maximum Gasteiger partial charge on any atom is 0.339 e. The lowest BCUT2D eigenvalue weighted by molar-refractivity contribution is -0.140. The highest BCUT2D eigenvalue weighted by Gasteiger charge is 2.46. The number of methoxy groups -OCH3 is 1. The van der Waals surface area contributed by atoms with Crippen LogP contribution in [0.5, 0.6) is 5.75 Å². The molecule has 1 N–H and O–H groups in total. The van der Waals surface area contributed by atoms with Crippen molar-refractivity contribution in [1.82, 2.24) is 10.2 Å². The van der Waals surface area contributed by atoms with Crippen LogP contribution in [0.2, 0.25) is 0 Å². The number of rotatable bonds is 6. The van der Waals surface area contributed by atoms with E-state index < -0.39 is 30.3 Å². The van der Waals surface area contributed by atoms with Crippen LogP contribution in [0.1, 0.15) is 20.8 Å². The number of hydrogen-bond acceptors (Lipinski definition) is 5.